The second kappa shape index (κ2) is 8.67. The molecular formula is C19H20N6O3. The SMILES string of the molecule is CCOc1ccccc1NC(=O)c1nnn(CC(=O)Nc2ccccc2)c1N. The second-order valence-corrected chi connectivity index (χ2v) is 5.78. The van der Waals surface area contributed by atoms with Gasteiger partial charge in [-0.05, 0) is 31.2 Å². The smallest absolute Gasteiger partial charge is 0.280 e. The number of nitrogens with one attached hydrogen (secondary N) is 2. The van der Waals surface area contributed by atoms with Crippen molar-refractivity contribution in [1.29, 1.82) is 0 Å². The van der Waals surface area contributed by atoms with Gasteiger partial charge in [-0.15, -0.1) is 5.10 Å². The molecular weight excluding hydrogens is 360 g/mol. The molecule has 0 saturated heterocycles. The lowest BCUT2D eigenvalue weighted by Gasteiger charge is -2.10. The molecule has 144 valence electrons. The summed E-state index contributed by atoms with van der Waals surface area (Å²) >= 11 is 0. The number of aromatic nitrogens is 3. The van der Waals surface area contributed by atoms with Gasteiger partial charge in [0.15, 0.2) is 11.5 Å². The Morgan fingerprint density at radius 3 is 2.54 bits per heavy atom. The van der Waals surface area contributed by atoms with Crippen LogP contribution in [-0.2, 0) is 11.3 Å². The molecule has 3 rings (SSSR count). The number of hydrogen-bond acceptors (Lipinski definition) is 6. The van der Waals surface area contributed by atoms with Crippen LogP contribution in [0, 0.1) is 0 Å². The summed E-state index contributed by atoms with van der Waals surface area (Å²) in [6.07, 6.45) is 0. The third kappa shape index (κ3) is 4.44. The normalized spacial score (nSPS) is 10.3. The highest BCUT2D eigenvalue weighted by molar-refractivity contribution is 6.06. The van der Waals surface area contributed by atoms with E-state index in [1.165, 1.54) is 4.68 Å². The van der Waals surface area contributed by atoms with Crippen LogP contribution in [0.15, 0.2) is 54.6 Å². The summed E-state index contributed by atoms with van der Waals surface area (Å²) in [5.41, 5.74) is 7.03. The van der Waals surface area contributed by atoms with Crippen LogP contribution in [-0.4, -0.2) is 33.4 Å². The van der Waals surface area contributed by atoms with Crippen LogP contribution in [0.4, 0.5) is 17.2 Å². The van der Waals surface area contributed by atoms with Crippen LogP contribution in [0.1, 0.15) is 17.4 Å². The molecule has 1 heterocycles. The molecule has 0 aliphatic heterocycles. The molecule has 0 unspecified atom stereocenters. The Hall–Kier alpha value is -3.88. The van der Waals surface area contributed by atoms with Crippen molar-refractivity contribution in [2.75, 3.05) is 23.0 Å². The van der Waals surface area contributed by atoms with Crippen LogP contribution in [0.25, 0.3) is 0 Å². The highest BCUT2D eigenvalue weighted by Crippen LogP contribution is 2.24. The predicted octanol–water partition coefficient (Wildman–Crippen LogP) is 2.15. The van der Waals surface area contributed by atoms with Gasteiger partial charge >= 0.3 is 0 Å². The molecule has 28 heavy (non-hydrogen) atoms. The summed E-state index contributed by atoms with van der Waals surface area (Å²) in [7, 11) is 0. The van der Waals surface area contributed by atoms with Gasteiger partial charge in [-0.25, -0.2) is 4.68 Å². The number of nitrogens with two attached hydrogens (primary N) is 1. The lowest BCUT2D eigenvalue weighted by atomic mass is 10.2. The van der Waals surface area contributed by atoms with Gasteiger partial charge in [-0.2, -0.15) is 0 Å². The quantitative estimate of drug-likeness (QED) is 0.577. The van der Waals surface area contributed by atoms with Crippen molar-refractivity contribution < 1.29 is 14.3 Å². The zero-order chi connectivity index (χ0) is 19.9. The van der Waals surface area contributed by atoms with E-state index in [9.17, 15) is 9.59 Å². The average molecular weight is 380 g/mol. The van der Waals surface area contributed by atoms with E-state index in [-0.39, 0.29) is 24.0 Å². The Bertz CT molecular complexity index is 971. The standard InChI is InChI=1S/C19H20N6O3/c1-2-28-15-11-7-6-10-14(15)22-19(27)17-18(20)25(24-23-17)12-16(26)21-13-8-4-3-5-9-13/h3-11H,2,12,20H2,1H3,(H,21,26)(H,22,27). The van der Waals surface area contributed by atoms with E-state index in [1.807, 2.05) is 25.1 Å². The lowest BCUT2D eigenvalue weighted by molar-refractivity contribution is -0.116. The predicted molar refractivity (Wildman–Crippen MR) is 105 cm³/mol. The maximum absolute atomic E-state index is 12.5. The van der Waals surface area contributed by atoms with Gasteiger partial charge in [0.05, 0.1) is 12.3 Å². The number of carbonyl (C=O) groups is 2. The number of hydrogen-bond donors (Lipinski definition) is 3. The van der Waals surface area contributed by atoms with E-state index in [2.05, 4.69) is 20.9 Å². The van der Waals surface area contributed by atoms with Crippen molar-refractivity contribution >= 4 is 29.0 Å². The van der Waals surface area contributed by atoms with Gasteiger partial charge in [-0.1, -0.05) is 35.5 Å². The van der Waals surface area contributed by atoms with Gasteiger partial charge in [-0.3, -0.25) is 9.59 Å². The van der Waals surface area contributed by atoms with Gasteiger partial charge in [0, 0.05) is 5.69 Å². The number of nitrogens with zero attached hydrogens (tertiary/aromatic N) is 3. The number of carbonyl (C=O) groups excluding carboxylic acids is 2. The molecule has 9 heteroatoms. The summed E-state index contributed by atoms with van der Waals surface area (Å²) < 4.78 is 6.65. The number of para-hydroxylation sites is 3. The van der Waals surface area contributed by atoms with Crippen molar-refractivity contribution in [3.05, 3.63) is 60.3 Å². The molecule has 0 atom stereocenters. The summed E-state index contributed by atoms with van der Waals surface area (Å²) in [5.74, 6) is -0.350. The minimum absolute atomic E-state index is 0.00500. The van der Waals surface area contributed by atoms with E-state index in [4.69, 9.17) is 10.5 Å². The molecule has 2 amide bonds. The topological polar surface area (TPSA) is 124 Å². The number of benzene rings is 2. The van der Waals surface area contributed by atoms with Crippen molar-refractivity contribution in [2.24, 2.45) is 0 Å². The first-order chi connectivity index (χ1) is 13.6. The van der Waals surface area contributed by atoms with Gasteiger partial charge < -0.3 is 21.1 Å². The molecule has 0 bridgehead atoms. The average Bonchev–Trinajstić information content (AvgIpc) is 3.04. The Morgan fingerprint density at radius 1 is 1.07 bits per heavy atom. The first-order valence-corrected chi connectivity index (χ1v) is 8.65. The first-order valence-electron chi connectivity index (χ1n) is 8.65. The lowest BCUT2D eigenvalue weighted by Crippen LogP contribution is -2.21. The largest absolute Gasteiger partial charge is 0.492 e. The highest BCUT2D eigenvalue weighted by Gasteiger charge is 2.20. The summed E-state index contributed by atoms with van der Waals surface area (Å²) in [6.45, 7) is 2.14. The van der Waals surface area contributed by atoms with Crippen LogP contribution in [0.5, 0.6) is 5.75 Å². The van der Waals surface area contributed by atoms with Crippen molar-refractivity contribution in [2.45, 2.75) is 13.5 Å². The Kier molecular flexibility index (Phi) is 5.85. The van der Waals surface area contributed by atoms with Gasteiger partial charge in [0.25, 0.3) is 5.91 Å². The van der Waals surface area contributed by atoms with Crippen molar-refractivity contribution in [3.8, 4) is 5.75 Å². The monoisotopic (exact) mass is 380 g/mol. The zero-order valence-corrected chi connectivity index (χ0v) is 15.3. The summed E-state index contributed by atoms with van der Waals surface area (Å²) in [5, 5.41) is 13.0. The summed E-state index contributed by atoms with van der Waals surface area (Å²) in [4.78, 5) is 24.7. The second-order valence-electron chi connectivity index (χ2n) is 5.78. The summed E-state index contributed by atoms with van der Waals surface area (Å²) in [6, 6.07) is 16.0. The van der Waals surface area contributed by atoms with E-state index < -0.39 is 5.91 Å². The molecule has 0 aliphatic rings. The number of ether oxygens (including phenoxy) is 1. The van der Waals surface area contributed by atoms with E-state index in [0.29, 0.717) is 23.7 Å². The maximum Gasteiger partial charge on any atom is 0.280 e. The Morgan fingerprint density at radius 2 is 1.79 bits per heavy atom. The van der Waals surface area contributed by atoms with Crippen molar-refractivity contribution in [1.82, 2.24) is 15.0 Å². The third-order valence-corrected chi connectivity index (χ3v) is 3.77. The molecule has 0 aliphatic carbocycles. The molecule has 2 aromatic carbocycles. The molecule has 0 spiro atoms. The van der Waals surface area contributed by atoms with E-state index in [1.54, 1.807) is 36.4 Å². The fourth-order valence-corrected chi connectivity index (χ4v) is 2.49. The third-order valence-electron chi connectivity index (χ3n) is 3.77. The first kappa shape index (κ1) is 18.9. The molecule has 0 radical (unpaired) electrons. The van der Waals surface area contributed by atoms with E-state index >= 15 is 0 Å². The molecule has 1 aromatic heterocycles. The molecule has 3 aromatic rings. The zero-order valence-electron chi connectivity index (χ0n) is 15.3. The van der Waals surface area contributed by atoms with Gasteiger partial charge in [0.2, 0.25) is 5.91 Å². The maximum atomic E-state index is 12.5. The van der Waals surface area contributed by atoms with Crippen LogP contribution in [0.3, 0.4) is 0 Å². The fourth-order valence-electron chi connectivity index (χ4n) is 2.49. The molecule has 9 nitrogen and oxygen atoms in total. The molecule has 0 fully saturated rings. The number of nitrogen functional groups attached to an aromatic ring is 1. The molecule has 0 saturated carbocycles. The van der Waals surface area contributed by atoms with Gasteiger partial charge in [0.1, 0.15) is 12.3 Å². The minimum atomic E-state index is -0.542. The number of anilines is 3. The minimum Gasteiger partial charge on any atom is -0.492 e. The van der Waals surface area contributed by atoms with Crippen LogP contribution >= 0.6 is 0 Å². The molecule has 4 N–H and O–H groups in total. The number of rotatable bonds is 7. The fraction of sp³-hybridized carbons (Fsp3) is 0.158. The Balaban J connectivity index is 1.68. The highest BCUT2D eigenvalue weighted by atomic mass is 16.5. The Labute approximate surface area is 161 Å². The van der Waals surface area contributed by atoms with Crippen LogP contribution in [0.2, 0.25) is 0 Å². The number of amides is 2. The van der Waals surface area contributed by atoms with Crippen LogP contribution < -0.4 is 21.1 Å². The van der Waals surface area contributed by atoms with Crippen molar-refractivity contribution in [3.63, 3.8) is 0 Å². The van der Waals surface area contributed by atoms with E-state index in [0.717, 1.165) is 0 Å².